The fourth-order valence-corrected chi connectivity index (χ4v) is 6.13. The Labute approximate surface area is 176 Å². The molecule has 2 aliphatic carbocycles. The van der Waals surface area contributed by atoms with E-state index in [0.29, 0.717) is 19.4 Å². The molecular weight excluding hydrogens is 406 g/mol. The molecule has 1 fully saturated rings. The number of aryl methyl sites for hydroxylation is 1. The van der Waals surface area contributed by atoms with Crippen LogP contribution in [0, 0.1) is 12.8 Å². The van der Waals surface area contributed by atoms with Crippen LogP contribution in [0.25, 0.3) is 0 Å². The Balaban J connectivity index is 1.35. The predicted molar refractivity (Wildman–Crippen MR) is 113 cm³/mol. The van der Waals surface area contributed by atoms with Crippen LogP contribution in [-0.4, -0.2) is 31.9 Å². The first-order valence-electron chi connectivity index (χ1n) is 10.2. The van der Waals surface area contributed by atoms with Crippen LogP contribution in [0.2, 0.25) is 0 Å². The van der Waals surface area contributed by atoms with Gasteiger partial charge < -0.3 is 5.32 Å². The number of hydrogen-bond donors (Lipinski definition) is 2. The summed E-state index contributed by atoms with van der Waals surface area (Å²) in [6.07, 6.45) is 8.09. The Morgan fingerprint density at radius 2 is 1.97 bits per heavy atom. The summed E-state index contributed by atoms with van der Waals surface area (Å²) < 4.78 is 28.0. The number of fused-ring (bicyclic) bond motifs is 1. The van der Waals surface area contributed by atoms with E-state index in [9.17, 15) is 13.2 Å². The van der Waals surface area contributed by atoms with Crippen molar-refractivity contribution in [2.24, 2.45) is 5.92 Å². The molecule has 0 aliphatic heterocycles. The van der Waals surface area contributed by atoms with Crippen molar-refractivity contribution in [2.45, 2.75) is 62.8 Å². The molecule has 156 valence electrons. The van der Waals surface area contributed by atoms with Gasteiger partial charge in [0.05, 0.1) is 9.90 Å². The minimum Gasteiger partial charge on any atom is -0.352 e. The Hall–Kier alpha value is -1.77. The van der Waals surface area contributed by atoms with Crippen LogP contribution >= 0.6 is 11.3 Å². The molecule has 8 heteroatoms. The first-order chi connectivity index (χ1) is 13.9. The average Bonchev–Trinajstić information content (AvgIpc) is 3.41. The Morgan fingerprint density at radius 1 is 1.21 bits per heavy atom. The first-order valence-corrected chi connectivity index (χ1v) is 12.5. The molecule has 1 amide bonds. The third-order valence-corrected chi connectivity index (χ3v) is 8.22. The molecule has 1 heterocycles. The van der Waals surface area contributed by atoms with Crippen molar-refractivity contribution < 1.29 is 13.2 Å². The summed E-state index contributed by atoms with van der Waals surface area (Å²) in [5.41, 5.74) is 2.14. The van der Waals surface area contributed by atoms with Gasteiger partial charge in [0.2, 0.25) is 15.9 Å². The van der Waals surface area contributed by atoms with Crippen molar-refractivity contribution in [1.82, 2.24) is 15.0 Å². The van der Waals surface area contributed by atoms with Crippen molar-refractivity contribution in [2.75, 3.05) is 6.54 Å². The summed E-state index contributed by atoms with van der Waals surface area (Å²) in [4.78, 5) is 18.1. The molecule has 1 aromatic carbocycles. The highest BCUT2D eigenvalue weighted by atomic mass is 32.2. The van der Waals surface area contributed by atoms with Gasteiger partial charge in [-0.1, -0.05) is 18.9 Å². The molecule has 1 atom stereocenters. The number of thiazole rings is 1. The number of aromatic nitrogens is 1. The zero-order valence-electron chi connectivity index (χ0n) is 16.6. The molecule has 1 saturated carbocycles. The summed E-state index contributed by atoms with van der Waals surface area (Å²) in [5.74, 6) is 0.313. The quantitative estimate of drug-likeness (QED) is 0.703. The second-order valence-corrected chi connectivity index (χ2v) is 11.1. The molecule has 0 radical (unpaired) electrons. The highest BCUT2D eigenvalue weighted by Gasteiger charge is 2.29. The summed E-state index contributed by atoms with van der Waals surface area (Å²) in [6.45, 7) is 2.31. The van der Waals surface area contributed by atoms with Gasteiger partial charge in [-0.2, -0.15) is 0 Å². The van der Waals surface area contributed by atoms with E-state index in [1.54, 1.807) is 29.7 Å². The normalized spacial score (nSPS) is 19.4. The summed E-state index contributed by atoms with van der Waals surface area (Å²) in [5, 5.41) is 4.10. The lowest BCUT2D eigenvalue weighted by Gasteiger charge is -2.15. The fraction of sp³-hybridized carbons (Fsp3) is 0.524. The van der Waals surface area contributed by atoms with Gasteiger partial charge in [0.15, 0.2) is 0 Å². The monoisotopic (exact) mass is 433 g/mol. The van der Waals surface area contributed by atoms with E-state index in [2.05, 4.69) is 15.0 Å². The van der Waals surface area contributed by atoms with Crippen LogP contribution in [0.5, 0.6) is 0 Å². The zero-order valence-corrected chi connectivity index (χ0v) is 18.2. The maximum Gasteiger partial charge on any atom is 0.240 e. The van der Waals surface area contributed by atoms with Crippen molar-refractivity contribution in [1.29, 1.82) is 0 Å². The molecule has 0 saturated heterocycles. The lowest BCUT2D eigenvalue weighted by Crippen LogP contribution is -2.38. The second-order valence-electron chi connectivity index (χ2n) is 8.04. The SMILES string of the molecule is Cc1cnc(CCNS(=O)(=O)c2ccc3c(c2)CC(NC(=O)C2CCCC2)C3)s1. The van der Waals surface area contributed by atoms with Gasteiger partial charge in [-0.15, -0.1) is 11.3 Å². The number of sulfonamides is 1. The smallest absolute Gasteiger partial charge is 0.240 e. The van der Waals surface area contributed by atoms with Crippen LogP contribution in [-0.2, 0) is 34.1 Å². The van der Waals surface area contributed by atoms with E-state index < -0.39 is 10.0 Å². The Kier molecular flexibility index (Phi) is 6.03. The number of benzene rings is 1. The third kappa shape index (κ3) is 4.87. The number of hydrogen-bond acceptors (Lipinski definition) is 5. The van der Waals surface area contributed by atoms with Gasteiger partial charge in [-0.25, -0.2) is 18.1 Å². The largest absolute Gasteiger partial charge is 0.352 e. The second kappa shape index (κ2) is 8.53. The van der Waals surface area contributed by atoms with Gasteiger partial charge >= 0.3 is 0 Å². The molecule has 29 heavy (non-hydrogen) atoms. The third-order valence-electron chi connectivity index (χ3n) is 5.79. The molecule has 2 aliphatic rings. The van der Waals surface area contributed by atoms with E-state index in [0.717, 1.165) is 53.1 Å². The molecule has 1 unspecified atom stereocenters. The summed E-state index contributed by atoms with van der Waals surface area (Å²) in [6, 6.07) is 5.37. The predicted octanol–water partition coefficient (Wildman–Crippen LogP) is 2.75. The molecule has 0 bridgehead atoms. The standard InChI is InChI=1S/C21H27N3O3S2/c1-14-13-22-20(28-14)8-9-23-29(26,27)19-7-6-16-10-18(11-17(16)12-19)24-21(25)15-4-2-3-5-15/h6-7,12-13,15,18,23H,2-5,8-11H2,1H3,(H,24,25). The van der Waals surface area contributed by atoms with E-state index in [-0.39, 0.29) is 22.8 Å². The van der Waals surface area contributed by atoms with E-state index in [4.69, 9.17) is 0 Å². The highest BCUT2D eigenvalue weighted by molar-refractivity contribution is 7.89. The minimum absolute atomic E-state index is 0.0668. The number of carbonyl (C=O) groups excluding carboxylic acids is 1. The van der Waals surface area contributed by atoms with Gasteiger partial charge in [-0.3, -0.25) is 4.79 Å². The van der Waals surface area contributed by atoms with Crippen molar-refractivity contribution >= 4 is 27.3 Å². The topological polar surface area (TPSA) is 88.2 Å². The zero-order chi connectivity index (χ0) is 20.4. The van der Waals surface area contributed by atoms with Gasteiger partial charge in [-0.05, 0) is 55.9 Å². The van der Waals surface area contributed by atoms with Crippen molar-refractivity contribution in [3.8, 4) is 0 Å². The molecule has 2 aromatic rings. The Bertz CT molecular complexity index is 994. The van der Waals surface area contributed by atoms with Gasteiger partial charge in [0, 0.05) is 36.0 Å². The number of nitrogens with one attached hydrogen (secondary N) is 2. The number of carbonyl (C=O) groups is 1. The number of rotatable bonds is 7. The molecule has 2 N–H and O–H groups in total. The molecule has 0 spiro atoms. The average molecular weight is 434 g/mol. The van der Waals surface area contributed by atoms with Gasteiger partial charge in [0.25, 0.3) is 0 Å². The maximum atomic E-state index is 12.7. The van der Waals surface area contributed by atoms with Crippen molar-refractivity contribution in [3.05, 3.63) is 45.4 Å². The van der Waals surface area contributed by atoms with Crippen LogP contribution in [0.1, 0.15) is 46.7 Å². The summed E-state index contributed by atoms with van der Waals surface area (Å²) >= 11 is 1.58. The van der Waals surface area contributed by atoms with Crippen LogP contribution in [0.15, 0.2) is 29.3 Å². The fourth-order valence-electron chi connectivity index (χ4n) is 4.26. The van der Waals surface area contributed by atoms with E-state index in [1.807, 2.05) is 13.0 Å². The van der Waals surface area contributed by atoms with Crippen molar-refractivity contribution in [3.63, 3.8) is 0 Å². The van der Waals surface area contributed by atoms with Crippen LogP contribution < -0.4 is 10.0 Å². The van der Waals surface area contributed by atoms with E-state index >= 15 is 0 Å². The lowest BCUT2D eigenvalue weighted by atomic mass is 10.1. The summed E-state index contributed by atoms with van der Waals surface area (Å²) in [7, 11) is -3.56. The first kappa shape index (κ1) is 20.5. The van der Waals surface area contributed by atoms with Gasteiger partial charge in [0.1, 0.15) is 0 Å². The molecule has 6 nitrogen and oxygen atoms in total. The van der Waals surface area contributed by atoms with Crippen LogP contribution in [0.3, 0.4) is 0 Å². The Morgan fingerprint density at radius 3 is 2.69 bits per heavy atom. The number of nitrogens with zero attached hydrogens (tertiary/aromatic N) is 1. The molecule has 1 aromatic heterocycles. The number of amides is 1. The molecule has 4 rings (SSSR count). The van der Waals surface area contributed by atoms with Crippen LogP contribution in [0.4, 0.5) is 0 Å². The highest BCUT2D eigenvalue weighted by Crippen LogP contribution is 2.28. The minimum atomic E-state index is -3.56. The maximum absolute atomic E-state index is 12.7. The van der Waals surface area contributed by atoms with E-state index in [1.165, 1.54) is 0 Å². The lowest BCUT2D eigenvalue weighted by molar-refractivity contribution is -0.125. The molecular formula is C21H27N3O3S2.